The Morgan fingerprint density at radius 2 is 1.61 bits per heavy atom. The molecule has 0 spiro atoms. The first-order valence-corrected chi connectivity index (χ1v) is 7.69. The Labute approximate surface area is 150 Å². The van der Waals surface area contributed by atoms with Crippen LogP contribution >= 0.6 is 28.6 Å². The van der Waals surface area contributed by atoms with Crippen LogP contribution in [0.5, 0.6) is 5.75 Å². The zero-order valence-electron chi connectivity index (χ0n) is 12.8. The van der Waals surface area contributed by atoms with Crippen molar-refractivity contribution >= 4 is 39.6 Å². The molecule has 0 saturated heterocycles. The van der Waals surface area contributed by atoms with Gasteiger partial charge in [-0.3, -0.25) is 5.41 Å². The summed E-state index contributed by atoms with van der Waals surface area (Å²) in [5.74, 6) is 0.788. The third kappa shape index (κ3) is 3.62. The maximum Gasteiger partial charge on any atom is 0.203 e. The number of aromatic nitrogens is 2. The molecule has 0 aliphatic heterocycles. The van der Waals surface area contributed by atoms with Gasteiger partial charge in [-0.25, -0.2) is 0 Å². The van der Waals surface area contributed by atoms with Crippen LogP contribution in [0.15, 0.2) is 48.5 Å². The lowest BCUT2D eigenvalue weighted by molar-refractivity contribution is 0.296. The number of imidazole rings is 1. The van der Waals surface area contributed by atoms with Gasteiger partial charge in [-0.15, -0.1) is 17.0 Å². The van der Waals surface area contributed by atoms with Crippen LogP contribution in [0, 0.1) is 5.41 Å². The second kappa shape index (κ2) is 7.70. The van der Waals surface area contributed by atoms with E-state index in [1.54, 1.807) is 0 Å². The van der Waals surface area contributed by atoms with E-state index in [-0.39, 0.29) is 17.0 Å². The average Bonchev–Trinajstić information content (AvgIpc) is 2.81. The summed E-state index contributed by atoms with van der Waals surface area (Å²) in [6.45, 7) is 3.98. The zero-order chi connectivity index (χ0) is 15.5. The molecular formula is C17H19BrClN3O. The van der Waals surface area contributed by atoms with Crippen molar-refractivity contribution in [2.75, 3.05) is 6.61 Å². The Morgan fingerprint density at radius 1 is 1.00 bits per heavy atom. The predicted molar refractivity (Wildman–Crippen MR) is 98.7 cm³/mol. The molecule has 0 saturated carbocycles. The Kier molecular flexibility index (Phi) is 5.91. The number of hydrogen-bond acceptors (Lipinski definition) is 2. The van der Waals surface area contributed by atoms with Crippen molar-refractivity contribution in [3.8, 4) is 5.75 Å². The van der Waals surface area contributed by atoms with Crippen LogP contribution in [-0.2, 0) is 13.1 Å². The van der Waals surface area contributed by atoms with Gasteiger partial charge in [0.05, 0.1) is 17.6 Å². The Morgan fingerprint density at radius 3 is 2.22 bits per heavy atom. The highest BCUT2D eigenvalue weighted by Gasteiger charge is 2.08. The topological polar surface area (TPSA) is 42.9 Å². The van der Waals surface area contributed by atoms with Gasteiger partial charge in [0.2, 0.25) is 5.62 Å². The Balaban J connectivity index is 0.00000192. The van der Waals surface area contributed by atoms with Crippen LogP contribution in [0.2, 0.25) is 5.02 Å². The van der Waals surface area contributed by atoms with Crippen molar-refractivity contribution in [1.82, 2.24) is 9.13 Å². The number of nitrogens with zero attached hydrogens (tertiary/aromatic N) is 2. The molecule has 4 nitrogen and oxygen atoms in total. The molecular weight excluding hydrogens is 378 g/mol. The fraction of sp³-hybridized carbons (Fsp3) is 0.235. The smallest absolute Gasteiger partial charge is 0.203 e. The van der Waals surface area contributed by atoms with Crippen LogP contribution in [0.1, 0.15) is 6.92 Å². The minimum Gasteiger partial charge on any atom is -0.492 e. The quantitative estimate of drug-likeness (QED) is 0.688. The van der Waals surface area contributed by atoms with Crippen LogP contribution in [0.4, 0.5) is 0 Å². The van der Waals surface area contributed by atoms with Gasteiger partial charge in [-0.05, 0) is 43.3 Å². The van der Waals surface area contributed by atoms with E-state index in [9.17, 15) is 0 Å². The standard InChI is InChI=1S/C17H18ClN3O.BrH/c1-2-20-15-5-3-4-6-16(15)21(17(20)19)11-12-22-14-9-7-13(18)8-10-14;/h3-10,19H,2,11-12H2,1H3;1H. The Hall–Kier alpha value is -1.72. The number of fused-ring (bicyclic) bond motifs is 1. The first kappa shape index (κ1) is 17.6. The highest BCUT2D eigenvalue weighted by atomic mass is 79.9. The van der Waals surface area contributed by atoms with Gasteiger partial charge in [0.25, 0.3) is 0 Å². The molecule has 0 aliphatic carbocycles. The van der Waals surface area contributed by atoms with Crippen LogP contribution < -0.4 is 10.4 Å². The second-order valence-electron chi connectivity index (χ2n) is 5.01. The maximum atomic E-state index is 8.34. The molecule has 1 heterocycles. The van der Waals surface area contributed by atoms with E-state index in [1.807, 2.05) is 57.7 Å². The first-order valence-electron chi connectivity index (χ1n) is 7.31. The van der Waals surface area contributed by atoms with E-state index in [2.05, 4.69) is 6.92 Å². The molecule has 1 N–H and O–H groups in total. The van der Waals surface area contributed by atoms with Crippen molar-refractivity contribution in [2.45, 2.75) is 20.0 Å². The van der Waals surface area contributed by atoms with Crippen molar-refractivity contribution in [1.29, 1.82) is 5.41 Å². The molecule has 0 atom stereocenters. The normalized spacial score (nSPS) is 10.5. The molecule has 0 aliphatic rings. The van der Waals surface area contributed by atoms with Gasteiger partial charge in [-0.2, -0.15) is 0 Å². The average molecular weight is 397 g/mol. The number of hydrogen-bond donors (Lipinski definition) is 1. The molecule has 0 amide bonds. The summed E-state index contributed by atoms with van der Waals surface area (Å²) in [6.07, 6.45) is 0. The molecule has 3 aromatic rings. The van der Waals surface area contributed by atoms with Gasteiger partial charge in [0, 0.05) is 11.6 Å². The Bertz CT molecular complexity index is 839. The number of para-hydroxylation sites is 2. The number of ether oxygens (including phenoxy) is 1. The van der Waals surface area contributed by atoms with Gasteiger partial charge in [0.15, 0.2) is 0 Å². The van der Waals surface area contributed by atoms with Crippen molar-refractivity contribution in [3.05, 3.63) is 59.2 Å². The van der Waals surface area contributed by atoms with Crippen LogP contribution in [-0.4, -0.2) is 15.7 Å². The van der Waals surface area contributed by atoms with Gasteiger partial charge < -0.3 is 13.9 Å². The molecule has 0 fully saturated rings. The van der Waals surface area contributed by atoms with Gasteiger partial charge >= 0.3 is 0 Å². The highest BCUT2D eigenvalue weighted by Crippen LogP contribution is 2.16. The number of benzene rings is 2. The van der Waals surface area contributed by atoms with Gasteiger partial charge in [0.1, 0.15) is 12.4 Å². The van der Waals surface area contributed by atoms with Crippen molar-refractivity contribution in [3.63, 3.8) is 0 Å². The monoisotopic (exact) mass is 395 g/mol. The van der Waals surface area contributed by atoms with E-state index in [1.165, 1.54) is 0 Å². The number of nitrogens with one attached hydrogen (secondary N) is 1. The molecule has 0 unspecified atom stereocenters. The lowest BCUT2D eigenvalue weighted by Crippen LogP contribution is -2.26. The molecule has 0 bridgehead atoms. The lowest BCUT2D eigenvalue weighted by Gasteiger charge is -2.08. The zero-order valence-corrected chi connectivity index (χ0v) is 15.3. The third-order valence-electron chi connectivity index (χ3n) is 3.69. The summed E-state index contributed by atoms with van der Waals surface area (Å²) in [7, 11) is 0. The maximum absolute atomic E-state index is 8.34. The predicted octanol–water partition coefficient (Wildman–Crippen LogP) is 4.25. The lowest BCUT2D eigenvalue weighted by atomic mass is 10.3. The van der Waals surface area contributed by atoms with E-state index in [4.69, 9.17) is 21.7 Å². The fourth-order valence-electron chi connectivity index (χ4n) is 2.63. The largest absolute Gasteiger partial charge is 0.492 e. The van der Waals surface area contributed by atoms with E-state index < -0.39 is 0 Å². The molecule has 0 radical (unpaired) electrons. The van der Waals surface area contributed by atoms with E-state index in [0.29, 0.717) is 23.8 Å². The number of rotatable bonds is 5. The van der Waals surface area contributed by atoms with E-state index in [0.717, 1.165) is 23.3 Å². The molecule has 2 aromatic carbocycles. The number of halogens is 2. The summed E-state index contributed by atoms with van der Waals surface area (Å²) in [5, 5.41) is 9.03. The molecule has 3 rings (SSSR count). The van der Waals surface area contributed by atoms with Crippen LogP contribution in [0.25, 0.3) is 11.0 Å². The van der Waals surface area contributed by atoms with Crippen LogP contribution in [0.3, 0.4) is 0 Å². The molecule has 1 aromatic heterocycles. The minimum absolute atomic E-state index is 0. The SMILES string of the molecule is Br.CCn1c(=N)n(CCOc2ccc(Cl)cc2)c2ccccc21. The molecule has 122 valence electrons. The summed E-state index contributed by atoms with van der Waals surface area (Å²) >= 11 is 5.86. The highest BCUT2D eigenvalue weighted by molar-refractivity contribution is 8.93. The number of aryl methyl sites for hydroxylation is 1. The van der Waals surface area contributed by atoms with Crippen molar-refractivity contribution in [2.24, 2.45) is 0 Å². The summed E-state index contributed by atoms with van der Waals surface area (Å²) < 4.78 is 9.72. The minimum atomic E-state index is 0. The first-order chi connectivity index (χ1) is 10.7. The third-order valence-corrected chi connectivity index (χ3v) is 3.94. The summed E-state index contributed by atoms with van der Waals surface area (Å²) in [6, 6.07) is 15.4. The van der Waals surface area contributed by atoms with Crippen molar-refractivity contribution < 1.29 is 4.74 Å². The van der Waals surface area contributed by atoms with Gasteiger partial charge in [-0.1, -0.05) is 23.7 Å². The summed E-state index contributed by atoms with van der Waals surface area (Å²) in [5.41, 5.74) is 2.65. The van der Waals surface area contributed by atoms with E-state index >= 15 is 0 Å². The second-order valence-corrected chi connectivity index (χ2v) is 5.45. The summed E-state index contributed by atoms with van der Waals surface area (Å²) in [4.78, 5) is 0. The molecule has 23 heavy (non-hydrogen) atoms. The fourth-order valence-corrected chi connectivity index (χ4v) is 2.75. The molecule has 6 heteroatoms.